The number of methoxy groups -OCH3 is 1. The molecule has 1 aliphatic rings. The average molecular weight is 308 g/mol. The Kier molecular flexibility index (Phi) is 5.29. The lowest BCUT2D eigenvalue weighted by Gasteiger charge is -2.31. The van der Waals surface area contributed by atoms with Gasteiger partial charge < -0.3 is 15.4 Å². The molecule has 1 unspecified atom stereocenters. The minimum absolute atomic E-state index is 0.179. The van der Waals surface area contributed by atoms with Crippen LogP contribution in [0.2, 0.25) is 0 Å². The zero-order valence-corrected chi connectivity index (χ0v) is 12.7. The molecular weight excluding hydrogens is 288 g/mol. The van der Waals surface area contributed by atoms with E-state index in [2.05, 4.69) is 17.6 Å². The Morgan fingerprint density at radius 3 is 3.00 bits per heavy atom. The summed E-state index contributed by atoms with van der Waals surface area (Å²) in [5.74, 6) is 0.114. The van der Waals surface area contributed by atoms with Crippen molar-refractivity contribution in [3.8, 4) is 5.75 Å². The summed E-state index contributed by atoms with van der Waals surface area (Å²) >= 11 is 0. The number of carbonyl (C=O) groups is 1. The van der Waals surface area contributed by atoms with Crippen molar-refractivity contribution in [3.05, 3.63) is 28.3 Å². The van der Waals surface area contributed by atoms with E-state index in [9.17, 15) is 14.9 Å². The molecule has 0 saturated carbocycles. The molecule has 1 aromatic carbocycles. The van der Waals surface area contributed by atoms with Crippen LogP contribution in [0.5, 0.6) is 5.75 Å². The highest BCUT2D eigenvalue weighted by atomic mass is 16.6. The molecule has 8 nitrogen and oxygen atoms in total. The molecule has 22 heavy (non-hydrogen) atoms. The van der Waals surface area contributed by atoms with Gasteiger partial charge in [0.1, 0.15) is 11.4 Å². The number of hydrogen-bond donors (Lipinski definition) is 2. The monoisotopic (exact) mass is 308 g/mol. The molecule has 1 atom stereocenters. The molecule has 0 radical (unpaired) electrons. The van der Waals surface area contributed by atoms with Gasteiger partial charge in [0.2, 0.25) is 5.91 Å². The second-order valence-electron chi connectivity index (χ2n) is 5.28. The third-order valence-electron chi connectivity index (χ3n) is 3.50. The lowest BCUT2D eigenvalue weighted by atomic mass is 10.2. The van der Waals surface area contributed by atoms with Crippen molar-refractivity contribution in [1.29, 1.82) is 0 Å². The van der Waals surface area contributed by atoms with Gasteiger partial charge in [0.15, 0.2) is 0 Å². The van der Waals surface area contributed by atoms with Crippen LogP contribution < -0.4 is 15.4 Å². The summed E-state index contributed by atoms with van der Waals surface area (Å²) in [7, 11) is 1.43. The normalized spacial score (nSPS) is 18.7. The highest BCUT2D eigenvalue weighted by Gasteiger charge is 2.21. The number of amides is 1. The summed E-state index contributed by atoms with van der Waals surface area (Å²) in [5, 5.41) is 17.0. The van der Waals surface area contributed by atoms with E-state index in [4.69, 9.17) is 4.74 Å². The first-order valence-corrected chi connectivity index (χ1v) is 7.07. The molecule has 0 aromatic heterocycles. The first-order valence-electron chi connectivity index (χ1n) is 7.07. The molecule has 1 aromatic rings. The topological polar surface area (TPSA) is 96.7 Å². The fourth-order valence-electron chi connectivity index (χ4n) is 2.44. The van der Waals surface area contributed by atoms with E-state index in [-0.39, 0.29) is 23.8 Å². The molecule has 2 rings (SSSR count). The largest absolute Gasteiger partial charge is 0.496 e. The quantitative estimate of drug-likeness (QED) is 0.618. The number of benzene rings is 1. The van der Waals surface area contributed by atoms with Crippen molar-refractivity contribution < 1.29 is 14.5 Å². The first-order chi connectivity index (χ1) is 10.5. The summed E-state index contributed by atoms with van der Waals surface area (Å²) in [6.45, 7) is 4.66. The summed E-state index contributed by atoms with van der Waals surface area (Å²) in [6, 6.07) is 4.68. The van der Waals surface area contributed by atoms with Crippen molar-refractivity contribution >= 4 is 17.3 Å². The number of rotatable bonds is 5. The number of anilines is 1. The van der Waals surface area contributed by atoms with Gasteiger partial charge >= 0.3 is 0 Å². The summed E-state index contributed by atoms with van der Waals surface area (Å²) < 4.78 is 4.97. The number of nitro benzene ring substituents is 1. The fourth-order valence-corrected chi connectivity index (χ4v) is 2.44. The molecule has 8 heteroatoms. The van der Waals surface area contributed by atoms with Crippen molar-refractivity contribution in [3.63, 3.8) is 0 Å². The van der Waals surface area contributed by atoms with Gasteiger partial charge in [-0.3, -0.25) is 19.8 Å². The van der Waals surface area contributed by atoms with Crippen LogP contribution in [-0.2, 0) is 4.79 Å². The van der Waals surface area contributed by atoms with Crippen LogP contribution in [0.4, 0.5) is 11.4 Å². The van der Waals surface area contributed by atoms with Crippen LogP contribution in [0.15, 0.2) is 18.2 Å². The van der Waals surface area contributed by atoms with Gasteiger partial charge in [-0.05, 0) is 19.1 Å². The zero-order chi connectivity index (χ0) is 16.1. The van der Waals surface area contributed by atoms with Gasteiger partial charge in [0.25, 0.3) is 5.69 Å². The molecule has 120 valence electrons. The number of nitro groups is 1. The van der Waals surface area contributed by atoms with E-state index in [1.54, 1.807) is 6.07 Å². The maximum absolute atomic E-state index is 12.1. The van der Waals surface area contributed by atoms with Gasteiger partial charge in [-0.15, -0.1) is 0 Å². The van der Waals surface area contributed by atoms with Crippen LogP contribution >= 0.6 is 0 Å². The van der Waals surface area contributed by atoms with Gasteiger partial charge in [0, 0.05) is 25.7 Å². The Balaban J connectivity index is 2.03. The van der Waals surface area contributed by atoms with Crippen molar-refractivity contribution in [1.82, 2.24) is 10.2 Å². The Bertz CT molecular complexity index is 564. The molecule has 0 spiro atoms. The number of ether oxygens (including phenoxy) is 1. The first kappa shape index (κ1) is 16.2. The van der Waals surface area contributed by atoms with E-state index in [1.807, 2.05) is 4.90 Å². The fraction of sp³-hybridized carbons (Fsp3) is 0.500. The SMILES string of the molecule is COc1ccc(NC(=O)CN2CCNC(C)C2)c([N+](=O)[O-])c1. The summed E-state index contributed by atoms with van der Waals surface area (Å²) in [6.07, 6.45) is 0. The third kappa shape index (κ3) is 4.15. The average Bonchev–Trinajstić information content (AvgIpc) is 2.47. The number of carbonyl (C=O) groups excluding carboxylic acids is 1. The van der Waals surface area contributed by atoms with Gasteiger partial charge in [-0.25, -0.2) is 0 Å². The minimum atomic E-state index is -0.537. The molecule has 0 aliphatic carbocycles. The molecule has 1 heterocycles. The number of hydrogen-bond acceptors (Lipinski definition) is 6. The number of nitrogens with zero attached hydrogens (tertiary/aromatic N) is 2. The zero-order valence-electron chi connectivity index (χ0n) is 12.7. The van der Waals surface area contributed by atoms with E-state index in [0.717, 1.165) is 19.6 Å². The Labute approximate surface area is 128 Å². The lowest BCUT2D eigenvalue weighted by Crippen LogP contribution is -2.51. The molecule has 1 fully saturated rings. The highest BCUT2D eigenvalue weighted by molar-refractivity contribution is 5.94. The standard InChI is InChI=1S/C14H20N4O4/c1-10-8-17(6-5-15-10)9-14(19)16-12-4-3-11(22-2)7-13(12)18(20)21/h3-4,7,10,15H,5-6,8-9H2,1-2H3,(H,16,19). The number of nitrogens with one attached hydrogen (secondary N) is 2. The third-order valence-corrected chi connectivity index (χ3v) is 3.50. The minimum Gasteiger partial charge on any atom is -0.496 e. The molecule has 1 saturated heterocycles. The van der Waals surface area contributed by atoms with Crippen LogP contribution in [0.3, 0.4) is 0 Å². The maximum atomic E-state index is 12.1. The molecule has 0 bridgehead atoms. The summed E-state index contributed by atoms with van der Waals surface area (Å²) in [5.41, 5.74) is 0.000335. The Hall–Kier alpha value is -2.19. The maximum Gasteiger partial charge on any atom is 0.296 e. The van der Waals surface area contributed by atoms with Gasteiger partial charge in [-0.1, -0.05) is 0 Å². The van der Waals surface area contributed by atoms with E-state index < -0.39 is 4.92 Å². The van der Waals surface area contributed by atoms with Gasteiger partial charge in [-0.2, -0.15) is 0 Å². The molecular formula is C14H20N4O4. The second kappa shape index (κ2) is 7.19. The highest BCUT2D eigenvalue weighted by Crippen LogP contribution is 2.28. The predicted octanol–water partition coefficient (Wildman–Crippen LogP) is 0.836. The van der Waals surface area contributed by atoms with E-state index >= 15 is 0 Å². The van der Waals surface area contributed by atoms with Crippen molar-refractivity contribution in [2.75, 3.05) is 38.6 Å². The van der Waals surface area contributed by atoms with Crippen molar-refractivity contribution in [2.24, 2.45) is 0 Å². The molecule has 2 N–H and O–H groups in total. The van der Waals surface area contributed by atoms with Gasteiger partial charge in [0.05, 0.1) is 24.6 Å². The summed E-state index contributed by atoms with van der Waals surface area (Å²) in [4.78, 5) is 24.7. The van der Waals surface area contributed by atoms with Crippen LogP contribution in [0.1, 0.15) is 6.92 Å². The molecule has 1 aliphatic heterocycles. The Morgan fingerprint density at radius 2 is 2.36 bits per heavy atom. The number of piperazine rings is 1. The second-order valence-corrected chi connectivity index (χ2v) is 5.28. The van der Waals surface area contributed by atoms with E-state index in [0.29, 0.717) is 11.8 Å². The van der Waals surface area contributed by atoms with Crippen LogP contribution in [0.25, 0.3) is 0 Å². The lowest BCUT2D eigenvalue weighted by molar-refractivity contribution is -0.384. The Morgan fingerprint density at radius 1 is 1.59 bits per heavy atom. The predicted molar refractivity (Wildman–Crippen MR) is 82.2 cm³/mol. The van der Waals surface area contributed by atoms with Crippen LogP contribution in [-0.4, -0.2) is 55.1 Å². The van der Waals surface area contributed by atoms with Crippen LogP contribution in [0, 0.1) is 10.1 Å². The molecule has 1 amide bonds. The van der Waals surface area contributed by atoms with E-state index in [1.165, 1.54) is 19.2 Å². The van der Waals surface area contributed by atoms with Crippen molar-refractivity contribution in [2.45, 2.75) is 13.0 Å². The smallest absolute Gasteiger partial charge is 0.296 e.